The van der Waals surface area contributed by atoms with E-state index < -0.39 is 5.91 Å². The van der Waals surface area contributed by atoms with Crippen molar-refractivity contribution in [2.24, 2.45) is 0 Å². The van der Waals surface area contributed by atoms with Crippen molar-refractivity contribution in [2.75, 3.05) is 36.5 Å². The average Bonchev–Trinajstić information content (AvgIpc) is 2.78. The number of nitriles is 1. The second-order valence-electron chi connectivity index (χ2n) is 6.84. The summed E-state index contributed by atoms with van der Waals surface area (Å²) in [5.74, 6) is -0.417. The normalized spacial score (nSPS) is 14.4. The van der Waals surface area contributed by atoms with Gasteiger partial charge in [-0.1, -0.05) is 42.5 Å². The third-order valence-electron chi connectivity index (χ3n) is 4.99. The van der Waals surface area contributed by atoms with Crippen LogP contribution < -0.4 is 10.2 Å². The van der Waals surface area contributed by atoms with Gasteiger partial charge in [-0.25, -0.2) is 0 Å². The van der Waals surface area contributed by atoms with Gasteiger partial charge in [0.1, 0.15) is 11.6 Å². The number of amides is 1. The predicted octanol–water partition coefficient (Wildman–Crippen LogP) is 4.22. The largest absolute Gasteiger partial charge is 0.378 e. The fourth-order valence-corrected chi connectivity index (χ4v) is 3.46. The summed E-state index contributed by atoms with van der Waals surface area (Å²) < 4.78 is 5.38. The smallest absolute Gasteiger partial charge is 0.266 e. The van der Waals surface area contributed by atoms with Crippen LogP contribution in [0.4, 0.5) is 11.4 Å². The zero-order valence-electron chi connectivity index (χ0n) is 16.0. The zero-order chi connectivity index (χ0) is 20.1. The standard InChI is InChI=1S/C24H21N3O2/c25-17-20(16-19-6-3-5-18-4-1-2-7-23(18)19)24(28)26-21-8-10-22(11-9-21)27-12-14-29-15-13-27/h1-11,16H,12-15H2,(H,26,28)/b20-16+. The van der Waals surface area contributed by atoms with Gasteiger partial charge < -0.3 is 15.0 Å². The van der Waals surface area contributed by atoms with E-state index in [-0.39, 0.29) is 5.57 Å². The highest BCUT2D eigenvalue weighted by Gasteiger charge is 2.13. The van der Waals surface area contributed by atoms with Gasteiger partial charge in [-0.2, -0.15) is 5.26 Å². The van der Waals surface area contributed by atoms with Gasteiger partial charge in [0, 0.05) is 24.5 Å². The first-order chi connectivity index (χ1) is 14.2. The van der Waals surface area contributed by atoms with Gasteiger partial charge >= 0.3 is 0 Å². The molecule has 1 aliphatic heterocycles. The Balaban J connectivity index is 1.52. The molecule has 0 saturated carbocycles. The number of fused-ring (bicyclic) bond motifs is 1. The number of anilines is 2. The lowest BCUT2D eigenvalue weighted by Crippen LogP contribution is -2.36. The molecule has 0 spiro atoms. The Hall–Kier alpha value is -3.62. The number of ether oxygens (including phenoxy) is 1. The first-order valence-electron chi connectivity index (χ1n) is 9.58. The molecule has 5 heteroatoms. The van der Waals surface area contributed by atoms with E-state index in [1.54, 1.807) is 6.08 Å². The minimum absolute atomic E-state index is 0.0682. The second-order valence-corrected chi connectivity index (χ2v) is 6.84. The lowest BCUT2D eigenvalue weighted by atomic mass is 10.0. The van der Waals surface area contributed by atoms with Crippen molar-refractivity contribution in [2.45, 2.75) is 0 Å². The number of benzene rings is 3. The van der Waals surface area contributed by atoms with Crippen LogP contribution in [0.3, 0.4) is 0 Å². The molecule has 1 amide bonds. The van der Waals surface area contributed by atoms with E-state index >= 15 is 0 Å². The third-order valence-corrected chi connectivity index (χ3v) is 4.99. The molecule has 1 saturated heterocycles. The molecule has 1 fully saturated rings. The highest BCUT2D eigenvalue weighted by Crippen LogP contribution is 2.22. The van der Waals surface area contributed by atoms with Crippen LogP contribution in [0.1, 0.15) is 5.56 Å². The van der Waals surface area contributed by atoms with Gasteiger partial charge in [-0.3, -0.25) is 4.79 Å². The van der Waals surface area contributed by atoms with Crippen molar-refractivity contribution in [1.29, 1.82) is 5.26 Å². The summed E-state index contributed by atoms with van der Waals surface area (Å²) in [5, 5.41) is 14.4. The SMILES string of the molecule is N#C/C(=C\c1cccc2ccccc12)C(=O)Nc1ccc(N2CCOCC2)cc1. The van der Waals surface area contributed by atoms with Crippen LogP contribution in [0.2, 0.25) is 0 Å². The van der Waals surface area contributed by atoms with E-state index in [1.165, 1.54) is 0 Å². The Morgan fingerprint density at radius 2 is 1.72 bits per heavy atom. The highest BCUT2D eigenvalue weighted by molar-refractivity contribution is 6.10. The molecule has 1 N–H and O–H groups in total. The Labute approximate surface area is 169 Å². The van der Waals surface area contributed by atoms with Crippen LogP contribution >= 0.6 is 0 Å². The maximum Gasteiger partial charge on any atom is 0.266 e. The zero-order valence-corrected chi connectivity index (χ0v) is 16.0. The van der Waals surface area contributed by atoms with Crippen LogP contribution in [0, 0.1) is 11.3 Å². The van der Waals surface area contributed by atoms with Gasteiger partial charge in [0.05, 0.1) is 13.2 Å². The molecule has 0 aromatic heterocycles. The first kappa shape index (κ1) is 18.7. The Kier molecular flexibility index (Phi) is 5.55. The van der Waals surface area contributed by atoms with E-state index in [0.717, 1.165) is 48.3 Å². The minimum atomic E-state index is -0.417. The Morgan fingerprint density at radius 3 is 2.48 bits per heavy atom. The molecule has 5 nitrogen and oxygen atoms in total. The van der Waals surface area contributed by atoms with E-state index in [4.69, 9.17) is 4.74 Å². The summed E-state index contributed by atoms with van der Waals surface area (Å²) in [7, 11) is 0. The molecule has 1 heterocycles. The summed E-state index contributed by atoms with van der Waals surface area (Å²) in [6.45, 7) is 3.17. The van der Waals surface area contributed by atoms with E-state index in [0.29, 0.717) is 5.69 Å². The number of morpholine rings is 1. The molecule has 3 aromatic carbocycles. The second kappa shape index (κ2) is 8.59. The Morgan fingerprint density at radius 1 is 1.00 bits per heavy atom. The van der Waals surface area contributed by atoms with E-state index in [9.17, 15) is 10.1 Å². The number of carbonyl (C=O) groups excluding carboxylic acids is 1. The van der Waals surface area contributed by atoms with Crippen LogP contribution in [-0.4, -0.2) is 32.2 Å². The number of hydrogen-bond acceptors (Lipinski definition) is 4. The maximum absolute atomic E-state index is 12.6. The molecular weight excluding hydrogens is 362 g/mol. The summed E-state index contributed by atoms with van der Waals surface area (Å²) in [6, 6.07) is 23.4. The van der Waals surface area contributed by atoms with Gasteiger partial charge in [0.2, 0.25) is 0 Å². The van der Waals surface area contributed by atoms with E-state index in [2.05, 4.69) is 10.2 Å². The monoisotopic (exact) mass is 383 g/mol. The van der Waals surface area contributed by atoms with Crippen molar-refractivity contribution in [1.82, 2.24) is 0 Å². The van der Waals surface area contributed by atoms with Crippen molar-refractivity contribution >= 4 is 34.1 Å². The fraction of sp³-hybridized carbons (Fsp3) is 0.167. The quantitative estimate of drug-likeness (QED) is 0.541. The molecule has 0 bridgehead atoms. The Bertz CT molecular complexity index is 1090. The molecule has 144 valence electrons. The van der Waals surface area contributed by atoms with Crippen LogP contribution in [0.15, 0.2) is 72.3 Å². The minimum Gasteiger partial charge on any atom is -0.378 e. The molecule has 1 aliphatic rings. The maximum atomic E-state index is 12.6. The lowest BCUT2D eigenvalue weighted by Gasteiger charge is -2.28. The highest BCUT2D eigenvalue weighted by atomic mass is 16.5. The third kappa shape index (κ3) is 4.29. The predicted molar refractivity (Wildman–Crippen MR) is 116 cm³/mol. The number of nitrogens with one attached hydrogen (secondary N) is 1. The van der Waals surface area contributed by atoms with Crippen molar-refractivity contribution in [3.63, 3.8) is 0 Å². The first-order valence-corrected chi connectivity index (χ1v) is 9.58. The van der Waals surface area contributed by atoms with E-state index in [1.807, 2.05) is 72.8 Å². The summed E-state index contributed by atoms with van der Waals surface area (Å²) in [6.07, 6.45) is 1.64. The van der Waals surface area contributed by atoms with Crippen LogP contribution in [0.5, 0.6) is 0 Å². The molecule has 0 unspecified atom stereocenters. The van der Waals surface area contributed by atoms with Crippen molar-refractivity contribution < 1.29 is 9.53 Å². The number of rotatable bonds is 4. The number of carbonyl (C=O) groups is 1. The van der Waals surface area contributed by atoms with Crippen LogP contribution in [-0.2, 0) is 9.53 Å². The van der Waals surface area contributed by atoms with Crippen molar-refractivity contribution in [3.8, 4) is 6.07 Å². The summed E-state index contributed by atoms with van der Waals surface area (Å²) in [4.78, 5) is 14.9. The average molecular weight is 383 g/mol. The number of nitrogens with zero attached hydrogens (tertiary/aromatic N) is 2. The summed E-state index contributed by atoms with van der Waals surface area (Å²) in [5.41, 5.74) is 2.67. The lowest BCUT2D eigenvalue weighted by molar-refractivity contribution is -0.112. The molecule has 3 aromatic rings. The molecule has 29 heavy (non-hydrogen) atoms. The number of hydrogen-bond donors (Lipinski definition) is 1. The summed E-state index contributed by atoms with van der Waals surface area (Å²) >= 11 is 0. The van der Waals surface area contributed by atoms with Crippen LogP contribution in [0.25, 0.3) is 16.8 Å². The van der Waals surface area contributed by atoms with Crippen molar-refractivity contribution in [3.05, 3.63) is 77.9 Å². The van der Waals surface area contributed by atoms with Gasteiger partial charge in [-0.15, -0.1) is 0 Å². The van der Waals surface area contributed by atoms with Gasteiger partial charge in [0.25, 0.3) is 5.91 Å². The molecule has 0 atom stereocenters. The van der Waals surface area contributed by atoms with Gasteiger partial charge in [-0.05, 0) is 46.7 Å². The molecule has 0 radical (unpaired) electrons. The topological polar surface area (TPSA) is 65.4 Å². The van der Waals surface area contributed by atoms with Gasteiger partial charge in [0.15, 0.2) is 0 Å². The fourth-order valence-electron chi connectivity index (χ4n) is 3.46. The molecule has 0 aliphatic carbocycles. The molecular formula is C24H21N3O2. The molecule has 4 rings (SSSR count).